The predicted molar refractivity (Wildman–Crippen MR) is 63.9 cm³/mol. The van der Waals surface area contributed by atoms with Crippen LogP contribution >= 0.6 is 0 Å². The van der Waals surface area contributed by atoms with Crippen molar-refractivity contribution in [1.29, 1.82) is 0 Å². The molecule has 1 aromatic carbocycles. The van der Waals surface area contributed by atoms with Crippen LogP contribution < -0.4 is 11.3 Å². The van der Waals surface area contributed by atoms with Gasteiger partial charge < -0.3 is 10.2 Å². The molecule has 0 saturated heterocycles. The van der Waals surface area contributed by atoms with E-state index in [4.69, 9.17) is 5.84 Å². The van der Waals surface area contributed by atoms with Crippen molar-refractivity contribution in [3.8, 4) is 0 Å². The molecule has 9 heteroatoms. The third kappa shape index (κ3) is 4.99. The van der Waals surface area contributed by atoms with Gasteiger partial charge in [0, 0.05) is 6.07 Å². The van der Waals surface area contributed by atoms with Crippen LogP contribution in [0.4, 0.5) is 17.1 Å². The Kier molecular flexibility index (Phi) is 5.93. The Morgan fingerprint density at radius 1 is 1.22 bits per heavy atom. The second-order valence-corrected chi connectivity index (χ2v) is 3.27. The molecule has 1 rings (SSSR count). The first kappa shape index (κ1) is 15.4. The molecule has 0 fully saturated rings. The molecule has 0 saturated carbocycles. The Balaban J connectivity index is 0.000000631. The van der Waals surface area contributed by atoms with Crippen molar-refractivity contribution < 1.29 is 14.6 Å². The second-order valence-electron chi connectivity index (χ2n) is 3.27. The molecule has 0 aliphatic rings. The lowest BCUT2D eigenvalue weighted by molar-refractivity contribution is -0.393. The van der Waals surface area contributed by atoms with Gasteiger partial charge >= 0.3 is 5.69 Å². The minimum atomic E-state index is -0.748. The molecule has 0 radical (unpaired) electrons. The lowest BCUT2D eigenvalue weighted by atomic mass is 10.2. The summed E-state index contributed by atoms with van der Waals surface area (Å²) in [5.74, 6) is 5.16. The lowest BCUT2D eigenvalue weighted by Crippen LogP contribution is -2.09. The number of rotatable bonds is 3. The number of nitro groups is 2. The number of nitrogens with one attached hydrogen (secondary N) is 1. The number of carbonyl (C=O) groups excluding carboxylic acids is 1. The van der Waals surface area contributed by atoms with E-state index in [1.807, 2.05) is 0 Å². The fourth-order valence-electron chi connectivity index (χ4n) is 0.907. The summed E-state index contributed by atoms with van der Waals surface area (Å²) < 4.78 is 0. The van der Waals surface area contributed by atoms with Crippen molar-refractivity contribution in [2.75, 3.05) is 5.43 Å². The van der Waals surface area contributed by atoms with Gasteiger partial charge in [0.1, 0.15) is 11.5 Å². The molecule has 0 heterocycles. The van der Waals surface area contributed by atoms with E-state index in [0.29, 0.717) is 0 Å². The zero-order chi connectivity index (χ0) is 14.3. The Labute approximate surface area is 102 Å². The monoisotopic (exact) mass is 256 g/mol. The fraction of sp³-hybridized carbons (Fsp3) is 0.222. The summed E-state index contributed by atoms with van der Waals surface area (Å²) >= 11 is 0. The molecule has 98 valence electrons. The topological polar surface area (TPSA) is 141 Å². The number of anilines is 1. The molecule has 0 atom stereocenters. The van der Waals surface area contributed by atoms with Crippen molar-refractivity contribution in [3.05, 3.63) is 38.4 Å². The highest BCUT2D eigenvalue weighted by Crippen LogP contribution is 2.27. The number of nitrogen functional groups attached to an aromatic ring is 1. The number of nitrogens with zero attached hydrogens (tertiary/aromatic N) is 2. The summed E-state index contributed by atoms with van der Waals surface area (Å²) in [6, 6.07) is 3.15. The number of hydrogen-bond donors (Lipinski definition) is 2. The zero-order valence-electron chi connectivity index (χ0n) is 9.75. The molecule has 9 nitrogen and oxygen atoms in total. The van der Waals surface area contributed by atoms with E-state index in [1.165, 1.54) is 19.9 Å². The van der Waals surface area contributed by atoms with Gasteiger partial charge in [-0.15, -0.1) is 0 Å². The predicted octanol–water partition coefficient (Wildman–Crippen LogP) is 1.38. The van der Waals surface area contributed by atoms with Gasteiger partial charge in [0.2, 0.25) is 0 Å². The van der Waals surface area contributed by atoms with E-state index >= 15 is 0 Å². The summed E-state index contributed by atoms with van der Waals surface area (Å²) in [6.07, 6.45) is 0. The number of ketones is 1. The maximum Gasteiger partial charge on any atom is 0.300 e. The number of Topliss-reactive ketones (excluding diaryl/α,β-unsaturated/α-hetero) is 1. The molecular formula is C9H12N4O5. The fourth-order valence-corrected chi connectivity index (χ4v) is 0.907. The number of benzene rings is 1. The highest BCUT2D eigenvalue weighted by molar-refractivity contribution is 5.72. The van der Waals surface area contributed by atoms with Crippen LogP contribution in [0.3, 0.4) is 0 Å². The third-order valence-electron chi connectivity index (χ3n) is 1.54. The average Bonchev–Trinajstić information content (AvgIpc) is 2.27. The smallest absolute Gasteiger partial charge is 0.300 e. The standard InChI is InChI=1S/C6H6N4O4.C3H6O/c7-8-5-2-1-4(9(11)12)3-6(5)10(13)14;1-3(2)4/h1-3,8H,7H2;1-2H3. The maximum absolute atomic E-state index is 10.4. The van der Waals surface area contributed by atoms with E-state index in [-0.39, 0.29) is 17.2 Å². The van der Waals surface area contributed by atoms with Crippen LogP contribution in [0, 0.1) is 20.2 Å². The second kappa shape index (κ2) is 6.91. The van der Waals surface area contributed by atoms with Gasteiger partial charge in [-0.1, -0.05) is 0 Å². The minimum absolute atomic E-state index is 0.0283. The summed E-state index contributed by atoms with van der Waals surface area (Å²) in [5.41, 5.74) is 1.33. The number of nitro benzene ring substituents is 2. The normalized spacial score (nSPS) is 8.83. The van der Waals surface area contributed by atoms with Gasteiger partial charge in [-0.3, -0.25) is 26.1 Å². The summed E-state index contributed by atoms with van der Waals surface area (Å²) in [7, 11) is 0. The Morgan fingerprint density at radius 2 is 1.72 bits per heavy atom. The van der Waals surface area contributed by atoms with Gasteiger partial charge in [-0.25, -0.2) is 0 Å². The molecule has 0 aliphatic carbocycles. The number of nitrogens with two attached hydrogens (primary N) is 1. The van der Waals surface area contributed by atoms with Crippen molar-refractivity contribution in [2.45, 2.75) is 13.8 Å². The van der Waals surface area contributed by atoms with E-state index in [9.17, 15) is 25.0 Å². The first-order valence-electron chi connectivity index (χ1n) is 4.66. The average molecular weight is 256 g/mol. The molecule has 0 bridgehead atoms. The third-order valence-corrected chi connectivity index (χ3v) is 1.54. The minimum Gasteiger partial charge on any atom is -0.318 e. The molecule has 0 aliphatic heterocycles. The van der Waals surface area contributed by atoms with Crippen LogP contribution in [0.1, 0.15) is 13.8 Å². The van der Waals surface area contributed by atoms with Crippen LogP contribution in [-0.4, -0.2) is 15.6 Å². The van der Waals surface area contributed by atoms with Crippen LogP contribution in [-0.2, 0) is 4.79 Å². The van der Waals surface area contributed by atoms with E-state index in [1.54, 1.807) is 0 Å². The number of carbonyl (C=O) groups is 1. The van der Waals surface area contributed by atoms with Crippen LogP contribution in [0.15, 0.2) is 18.2 Å². The van der Waals surface area contributed by atoms with Crippen molar-refractivity contribution in [3.63, 3.8) is 0 Å². The van der Waals surface area contributed by atoms with Gasteiger partial charge in [0.25, 0.3) is 5.69 Å². The van der Waals surface area contributed by atoms with Crippen molar-refractivity contribution in [2.24, 2.45) is 5.84 Å². The molecule has 0 aromatic heterocycles. The Morgan fingerprint density at radius 3 is 2.06 bits per heavy atom. The van der Waals surface area contributed by atoms with E-state index < -0.39 is 15.5 Å². The van der Waals surface area contributed by atoms with Gasteiger partial charge in [-0.05, 0) is 19.9 Å². The quantitative estimate of drug-likeness (QED) is 0.472. The summed E-state index contributed by atoms with van der Waals surface area (Å²) in [4.78, 5) is 28.7. The number of non-ortho nitro benzene ring substituents is 1. The molecule has 1 aromatic rings. The lowest BCUT2D eigenvalue weighted by Gasteiger charge is -2.00. The summed E-state index contributed by atoms with van der Waals surface area (Å²) in [5, 5.41) is 20.7. The molecular weight excluding hydrogens is 244 g/mol. The van der Waals surface area contributed by atoms with E-state index in [2.05, 4.69) is 5.43 Å². The Bertz CT molecular complexity index is 470. The van der Waals surface area contributed by atoms with E-state index in [0.717, 1.165) is 12.1 Å². The van der Waals surface area contributed by atoms with Gasteiger partial charge in [0.15, 0.2) is 0 Å². The van der Waals surface area contributed by atoms with Crippen LogP contribution in [0.25, 0.3) is 0 Å². The number of hydrogen-bond acceptors (Lipinski definition) is 7. The van der Waals surface area contributed by atoms with Crippen LogP contribution in [0.5, 0.6) is 0 Å². The molecule has 0 spiro atoms. The number of hydrazine groups is 1. The first-order valence-corrected chi connectivity index (χ1v) is 4.66. The Hall–Kier alpha value is -2.55. The van der Waals surface area contributed by atoms with Gasteiger partial charge in [0.05, 0.1) is 15.9 Å². The highest BCUT2D eigenvalue weighted by atomic mass is 16.6. The maximum atomic E-state index is 10.4. The van der Waals surface area contributed by atoms with Crippen molar-refractivity contribution >= 4 is 22.8 Å². The molecule has 18 heavy (non-hydrogen) atoms. The molecule has 3 N–H and O–H groups in total. The first-order chi connectivity index (χ1) is 8.29. The molecule has 0 amide bonds. The highest BCUT2D eigenvalue weighted by Gasteiger charge is 2.18. The van der Waals surface area contributed by atoms with Crippen molar-refractivity contribution in [1.82, 2.24) is 0 Å². The largest absolute Gasteiger partial charge is 0.318 e. The zero-order valence-corrected chi connectivity index (χ0v) is 9.75. The summed E-state index contributed by atoms with van der Waals surface area (Å²) in [6.45, 7) is 3.06. The SMILES string of the molecule is CC(C)=O.NNc1ccc([N+](=O)[O-])cc1[N+](=O)[O-]. The van der Waals surface area contributed by atoms with Crippen LogP contribution in [0.2, 0.25) is 0 Å². The molecule has 0 unspecified atom stereocenters. The van der Waals surface area contributed by atoms with Gasteiger partial charge in [-0.2, -0.15) is 0 Å².